The van der Waals surface area contributed by atoms with Crippen LogP contribution in [-0.4, -0.2) is 78.8 Å². The Balaban J connectivity index is 1.12. The number of likely N-dealkylation sites (tertiary alicyclic amines) is 1. The third kappa shape index (κ3) is 5.64. The molecule has 1 atom stereocenters. The van der Waals surface area contributed by atoms with E-state index in [0.717, 1.165) is 24.2 Å². The zero-order chi connectivity index (χ0) is 27.1. The van der Waals surface area contributed by atoms with Crippen LogP contribution in [0.1, 0.15) is 70.9 Å². The first-order valence-electron chi connectivity index (χ1n) is 14.0. The van der Waals surface area contributed by atoms with Gasteiger partial charge >= 0.3 is 6.09 Å². The van der Waals surface area contributed by atoms with Gasteiger partial charge in [0.2, 0.25) is 17.8 Å². The number of rotatable bonds is 6. The Kier molecular flexibility index (Phi) is 6.56. The molecule has 1 unspecified atom stereocenters. The van der Waals surface area contributed by atoms with Crippen molar-refractivity contribution in [2.75, 3.05) is 29.9 Å². The molecular weight excluding hydrogens is 498 g/mol. The molecule has 5 heterocycles. The van der Waals surface area contributed by atoms with Crippen molar-refractivity contribution in [1.82, 2.24) is 34.8 Å². The fourth-order valence-electron chi connectivity index (χ4n) is 5.36. The quantitative estimate of drug-likeness (QED) is 0.437. The highest BCUT2D eigenvalue weighted by atomic mass is 16.6. The fourth-order valence-corrected chi connectivity index (χ4v) is 5.36. The first kappa shape index (κ1) is 25.4. The summed E-state index contributed by atoms with van der Waals surface area (Å²) < 4.78 is 7.38. The average molecular weight is 536 g/mol. The summed E-state index contributed by atoms with van der Waals surface area (Å²) in [5, 5.41) is 14.1. The predicted molar refractivity (Wildman–Crippen MR) is 146 cm³/mol. The summed E-state index contributed by atoms with van der Waals surface area (Å²) in [5.41, 5.74) is 1.37. The van der Waals surface area contributed by atoms with Gasteiger partial charge in [-0.3, -0.25) is 14.3 Å². The first-order valence-corrected chi connectivity index (χ1v) is 14.0. The highest BCUT2D eigenvalue weighted by Gasteiger charge is 2.35. The number of ether oxygens (including phenoxy) is 1. The Hall–Kier alpha value is -3.83. The summed E-state index contributed by atoms with van der Waals surface area (Å²) in [4.78, 5) is 39.1. The lowest BCUT2D eigenvalue weighted by molar-refractivity contribution is -0.123. The van der Waals surface area contributed by atoms with E-state index in [4.69, 9.17) is 14.7 Å². The second-order valence-electron chi connectivity index (χ2n) is 11.8. The van der Waals surface area contributed by atoms with Gasteiger partial charge in [0.15, 0.2) is 5.82 Å². The number of nitrogens with one attached hydrogen (secondary N) is 3. The Bertz CT molecular complexity index is 1350. The van der Waals surface area contributed by atoms with E-state index in [1.165, 1.54) is 12.8 Å². The first-order chi connectivity index (χ1) is 18.7. The van der Waals surface area contributed by atoms with Crippen molar-refractivity contribution >= 4 is 35.4 Å². The van der Waals surface area contributed by atoms with E-state index in [9.17, 15) is 9.59 Å². The molecule has 3 aromatic heterocycles. The molecule has 0 bridgehead atoms. The van der Waals surface area contributed by atoms with Gasteiger partial charge in [0.1, 0.15) is 17.3 Å². The standard InChI is InChI=1S/C27H37N9O3/c1-27(2,3)39-26(38)34-14-10-18(11-15-34)28-23(37)20-6-4-12-35(20)25-30-22-7-5-13-36(22)24(31-25)29-21-16-19(32-33-21)17-8-9-17/h5,7,13,16-18,20H,4,6,8-12,14-15H2,1-3H3,(H,28,37)(H2,29,30,31,32,33). The van der Waals surface area contributed by atoms with Crippen LogP contribution in [0.4, 0.5) is 22.5 Å². The lowest BCUT2D eigenvalue weighted by atomic mass is 10.0. The molecule has 2 aliphatic heterocycles. The van der Waals surface area contributed by atoms with E-state index >= 15 is 0 Å². The molecule has 0 aromatic carbocycles. The number of nitrogens with zero attached hydrogens (tertiary/aromatic N) is 6. The topological polar surface area (TPSA) is 133 Å². The third-order valence-corrected chi connectivity index (χ3v) is 7.54. The van der Waals surface area contributed by atoms with E-state index in [1.807, 2.05) is 54.5 Å². The van der Waals surface area contributed by atoms with Gasteiger partial charge in [-0.15, -0.1) is 0 Å². The molecule has 3 fully saturated rings. The maximum absolute atomic E-state index is 13.4. The molecule has 12 heteroatoms. The van der Waals surface area contributed by atoms with Crippen molar-refractivity contribution in [2.45, 2.75) is 82.9 Å². The Morgan fingerprint density at radius 3 is 2.62 bits per heavy atom. The van der Waals surface area contributed by atoms with Crippen LogP contribution in [0.15, 0.2) is 24.4 Å². The Morgan fingerprint density at radius 1 is 1.08 bits per heavy atom. The molecule has 3 aromatic rings. The molecule has 1 aliphatic carbocycles. The molecule has 3 N–H and O–H groups in total. The van der Waals surface area contributed by atoms with Gasteiger partial charge in [0, 0.05) is 49.6 Å². The molecule has 0 radical (unpaired) electrons. The molecule has 1 saturated carbocycles. The number of anilines is 3. The van der Waals surface area contributed by atoms with Crippen LogP contribution >= 0.6 is 0 Å². The Labute approximate surface area is 227 Å². The maximum atomic E-state index is 13.4. The van der Waals surface area contributed by atoms with Crippen molar-refractivity contribution in [2.24, 2.45) is 0 Å². The molecule has 6 rings (SSSR count). The second kappa shape index (κ2) is 10.0. The molecule has 208 valence electrons. The van der Waals surface area contributed by atoms with Gasteiger partial charge in [0.25, 0.3) is 0 Å². The van der Waals surface area contributed by atoms with Gasteiger partial charge in [-0.25, -0.2) is 4.79 Å². The van der Waals surface area contributed by atoms with Gasteiger partial charge in [0.05, 0.1) is 0 Å². The number of fused-ring (bicyclic) bond motifs is 1. The second-order valence-corrected chi connectivity index (χ2v) is 11.8. The third-order valence-electron chi connectivity index (χ3n) is 7.54. The van der Waals surface area contributed by atoms with Crippen molar-refractivity contribution in [3.05, 3.63) is 30.1 Å². The number of hydrogen-bond acceptors (Lipinski definition) is 8. The zero-order valence-corrected chi connectivity index (χ0v) is 22.8. The van der Waals surface area contributed by atoms with Crippen LogP contribution in [0, 0.1) is 0 Å². The molecule has 12 nitrogen and oxygen atoms in total. The summed E-state index contributed by atoms with van der Waals surface area (Å²) in [7, 11) is 0. The molecule has 39 heavy (non-hydrogen) atoms. The number of carbonyl (C=O) groups excluding carboxylic acids is 2. The van der Waals surface area contributed by atoms with Crippen molar-refractivity contribution in [1.29, 1.82) is 0 Å². The molecule has 2 amide bonds. The van der Waals surface area contributed by atoms with E-state index in [0.29, 0.717) is 56.1 Å². The van der Waals surface area contributed by atoms with Crippen LogP contribution in [0.3, 0.4) is 0 Å². The number of carbonyl (C=O) groups is 2. The minimum Gasteiger partial charge on any atom is -0.444 e. The molecule has 0 spiro atoms. The van der Waals surface area contributed by atoms with Gasteiger partial charge in [-0.05, 0) is 71.4 Å². The minimum atomic E-state index is -0.521. The maximum Gasteiger partial charge on any atom is 0.410 e. The summed E-state index contributed by atoms with van der Waals surface area (Å²) in [6.07, 6.45) is 7.03. The number of piperidine rings is 1. The SMILES string of the molecule is CC(C)(C)OC(=O)N1CCC(NC(=O)C2CCCN2c2nc(Nc3cc(C4CC4)[nH]n3)n3cccc3n2)CC1. The van der Waals surface area contributed by atoms with Crippen LogP contribution in [0.2, 0.25) is 0 Å². The minimum absolute atomic E-state index is 0.0158. The number of aromatic amines is 1. The zero-order valence-electron chi connectivity index (χ0n) is 22.8. The summed E-state index contributed by atoms with van der Waals surface area (Å²) in [5.74, 6) is 2.41. The Morgan fingerprint density at radius 2 is 1.87 bits per heavy atom. The van der Waals surface area contributed by atoms with Gasteiger partial charge in [-0.1, -0.05) is 0 Å². The van der Waals surface area contributed by atoms with Crippen LogP contribution in [0.25, 0.3) is 5.65 Å². The fraction of sp³-hybridized carbons (Fsp3) is 0.593. The normalized spacial score (nSPS) is 20.4. The highest BCUT2D eigenvalue weighted by molar-refractivity contribution is 5.85. The monoisotopic (exact) mass is 535 g/mol. The van der Waals surface area contributed by atoms with Crippen LogP contribution < -0.4 is 15.5 Å². The van der Waals surface area contributed by atoms with E-state index in [2.05, 4.69) is 20.8 Å². The lowest BCUT2D eigenvalue weighted by Gasteiger charge is -2.34. The lowest BCUT2D eigenvalue weighted by Crippen LogP contribution is -2.52. The van der Waals surface area contributed by atoms with Crippen molar-refractivity contribution in [3.8, 4) is 0 Å². The highest BCUT2D eigenvalue weighted by Crippen LogP contribution is 2.39. The average Bonchev–Trinajstić information content (AvgIpc) is 3.27. The molecular formula is C27H37N9O3. The predicted octanol–water partition coefficient (Wildman–Crippen LogP) is 3.56. The number of aromatic nitrogens is 5. The van der Waals surface area contributed by atoms with Gasteiger partial charge in [-0.2, -0.15) is 15.1 Å². The number of hydrogen-bond donors (Lipinski definition) is 3. The summed E-state index contributed by atoms with van der Waals surface area (Å²) in [6.45, 7) is 7.43. The molecule has 2 saturated heterocycles. The smallest absolute Gasteiger partial charge is 0.410 e. The van der Waals surface area contributed by atoms with Gasteiger partial charge < -0.3 is 25.2 Å². The van der Waals surface area contributed by atoms with Crippen molar-refractivity contribution < 1.29 is 14.3 Å². The number of H-pyrrole nitrogens is 1. The van der Waals surface area contributed by atoms with E-state index in [-0.39, 0.29) is 24.1 Å². The van der Waals surface area contributed by atoms with E-state index in [1.54, 1.807) is 4.90 Å². The van der Waals surface area contributed by atoms with E-state index < -0.39 is 5.60 Å². The number of amides is 2. The molecule has 3 aliphatic rings. The summed E-state index contributed by atoms with van der Waals surface area (Å²) in [6, 6.07) is 5.57. The summed E-state index contributed by atoms with van der Waals surface area (Å²) >= 11 is 0. The van der Waals surface area contributed by atoms with Crippen LogP contribution in [-0.2, 0) is 9.53 Å². The van der Waals surface area contributed by atoms with Crippen molar-refractivity contribution in [3.63, 3.8) is 0 Å². The van der Waals surface area contributed by atoms with Crippen LogP contribution in [0.5, 0.6) is 0 Å². The largest absolute Gasteiger partial charge is 0.444 e.